The highest BCUT2D eigenvalue weighted by molar-refractivity contribution is 5.82. The first-order chi connectivity index (χ1) is 9.55. The number of nitrogens with zero attached hydrogens (tertiary/aromatic N) is 2. The molecule has 6 nitrogen and oxygen atoms in total. The van der Waals surface area contributed by atoms with E-state index in [0.29, 0.717) is 37.1 Å². The minimum absolute atomic E-state index is 0.385. The van der Waals surface area contributed by atoms with E-state index in [4.69, 9.17) is 4.74 Å². The molecule has 6 heteroatoms. The molecular formula is C14H21N3O3. The van der Waals surface area contributed by atoms with Crippen LogP contribution in [0.4, 0.5) is 5.82 Å². The molecule has 110 valence electrons. The van der Waals surface area contributed by atoms with Crippen molar-refractivity contribution >= 4 is 11.8 Å². The third-order valence-electron chi connectivity index (χ3n) is 3.68. The number of aromatic nitrogens is 2. The van der Waals surface area contributed by atoms with Crippen molar-refractivity contribution in [3.63, 3.8) is 0 Å². The van der Waals surface area contributed by atoms with Crippen LogP contribution < -0.4 is 10.1 Å². The van der Waals surface area contributed by atoms with Crippen LogP contribution in [0.1, 0.15) is 39.5 Å². The van der Waals surface area contributed by atoms with Gasteiger partial charge in [-0.25, -0.2) is 4.79 Å². The molecule has 2 rings (SSSR count). The van der Waals surface area contributed by atoms with Crippen molar-refractivity contribution < 1.29 is 14.6 Å². The summed E-state index contributed by atoms with van der Waals surface area (Å²) in [5, 5.41) is 12.7. The van der Waals surface area contributed by atoms with Crippen LogP contribution in [0, 0.1) is 5.92 Å². The minimum atomic E-state index is -0.947. The molecule has 0 aromatic carbocycles. The summed E-state index contributed by atoms with van der Waals surface area (Å²) in [6, 6.07) is 0. The lowest BCUT2D eigenvalue weighted by Crippen LogP contribution is -2.49. The third kappa shape index (κ3) is 3.18. The zero-order valence-corrected chi connectivity index (χ0v) is 11.9. The Bertz CT molecular complexity index is 480. The van der Waals surface area contributed by atoms with Crippen LogP contribution in [0.2, 0.25) is 0 Å². The average molecular weight is 279 g/mol. The van der Waals surface area contributed by atoms with Crippen molar-refractivity contribution in [2.45, 2.75) is 45.1 Å². The van der Waals surface area contributed by atoms with Crippen molar-refractivity contribution in [1.82, 2.24) is 9.97 Å². The molecule has 1 saturated carbocycles. The van der Waals surface area contributed by atoms with E-state index >= 15 is 0 Å². The maximum atomic E-state index is 11.7. The zero-order valence-electron chi connectivity index (χ0n) is 11.9. The van der Waals surface area contributed by atoms with E-state index in [1.807, 2.05) is 6.92 Å². The van der Waals surface area contributed by atoms with Gasteiger partial charge in [0.1, 0.15) is 11.4 Å². The van der Waals surface area contributed by atoms with Gasteiger partial charge in [-0.15, -0.1) is 0 Å². The summed E-state index contributed by atoms with van der Waals surface area (Å²) in [7, 11) is 0. The molecule has 1 aromatic heterocycles. The van der Waals surface area contributed by atoms with Gasteiger partial charge < -0.3 is 15.2 Å². The molecule has 0 amide bonds. The van der Waals surface area contributed by atoms with E-state index in [1.54, 1.807) is 0 Å². The van der Waals surface area contributed by atoms with E-state index < -0.39 is 11.5 Å². The van der Waals surface area contributed by atoms with Crippen LogP contribution in [-0.2, 0) is 4.79 Å². The Kier molecular flexibility index (Phi) is 4.42. The third-order valence-corrected chi connectivity index (χ3v) is 3.68. The number of aliphatic carboxylic acids is 1. The van der Waals surface area contributed by atoms with Crippen LogP contribution in [0.25, 0.3) is 0 Å². The van der Waals surface area contributed by atoms with Gasteiger partial charge in [0.05, 0.1) is 19.0 Å². The number of nitrogens with one attached hydrogen (secondary N) is 1. The van der Waals surface area contributed by atoms with Gasteiger partial charge in [0, 0.05) is 0 Å². The first-order valence-corrected chi connectivity index (χ1v) is 7.02. The first kappa shape index (κ1) is 14.6. The lowest BCUT2D eigenvalue weighted by molar-refractivity contribution is -0.144. The molecule has 2 unspecified atom stereocenters. The second kappa shape index (κ2) is 6.07. The quantitative estimate of drug-likeness (QED) is 0.860. The Morgan fingerprint density at radius 2 is 2.40 bits per heavy atom. The summed E-state index contributed by atoms with van der Waals surface area (Å²) < 4.78 is 5.29. The highest BCUT2D eigenvalue weighted by Gasteiger charge is 2.42. The van der Waals surface area contributed by atoms with E-state index in [-0.39, 0.29) is 0 Å². The Morgan fingerprint density at radius 3 is 3.05 bits per heavy atom. The van der Waals surface area contributed by atoms with Crippen LogP contribution in [-0.4, -0.2) is 33.2 Å². The topological polar surface area (TPSA) is 84.3 Å². The predicted molar refractivity (Wildman–Crippen MR) is 74.8 cm³/mol. The number of carboxylic acid groups (broad SMARTS) is 1. The summed E-state index contributed by atoms with van der Waals surface area (Å²) in [4.78, 5) is 20.0. The Morgan fingerprint density at radius 1 is 1.60 bits per heavy atom. The molecule has 1 fully saturated rings. The lowest BCUT2D eigenvalue weighted by atomic mass is 9.76. The zero-order chi connectivity index (χ0) is 14.6. The summed E-state index contributed by atoms with van der Waals surface area (Å²) >= 11 is 0. The largest absolute Gasteiger partial charge is 0.480 e. The highest BCUT2D eigenvalue weighted by atomic mass is 16.5. The molecule has 1 heterocycles. The summed E-state index contributed by atoms with van der Waals surface area (Å²) in [5.41, 5.74) is -0.947. The normalized spacial score (nSPS) is 26.0. The number of ether oxygens (including phenoxy) is 1. The van der Waals surface area contributed by atoms with Crippen LogP contribution in [0.3, 0.4) is 0 Å². The van der Waals surface area contributed by atoms with Gasteiger partial charge in [-0.1, -0.05) is 19.8 Å². The van der Waals surface area contributed by atoms with E-state index in [2.05, 4.69) is 22.2 Å². The molecule has 1 aromatic rings. The minimum Gasteiger partial charge on any atom is -0.480 e. The van der Waals surface area contributed by atoms with Gasteiger partial charge in [0.25, 0.3) is 0 Å². The standard InChI is InChI=1S/C14H21N3O3/c1-3-20-12-9-15-8-11(16-12)17-14(13(18)19)6-4-5-10(2)7-14/h8-10H,3-7H2,1-2H3,(H,16,17)(H,18,19). The van der Waals surface area contributed by atoms with E-state index in [9.17, 15) is 9.90 Å². The van der Waals surface area contributed by atoms with Crippen molar-refractivity contribution in [2.75, 3.05) is 11.9 Å². The smallest absolute Gasteiger partial charge is 0.329 e. The van der Waals surface area contributed by atoms with Crippen molar-refractivity contribution in [3.05, 3.63) is 12.4 Å². The van der Waals surface area contributed by atoms with Crippen molar-refractivity contribution in [2.24, 2.45) is 5.92 Å². The second-order valence-corrected chi connectivity index (χ2v) is 5.39. The summed E-state index contributed by atoms with van der Waals surface area (Å²) in [6.07, 6.45) is 6.23. The number of hydrogen-bond donors (Lipinski definition) is 2. The maximum absolute atomic E-state index is 11.7. The van der Waals surface area contributed by atoms with Gasteiger partial charge in [0.15, 0.2) is 0 Å². The Labute approximate surface area is 118 Å². The van der Waals surface area contributed by atoms with Gasteiger partial charge in [-0.05, 0) is 25.7 Å². The Balaban J connectivity index is 2.20. The highest BCUT2D eigenvalue weighted by Crippen LogP contribution is 2.35. The van der Waals surface area contributed by atoms with Crippen LogP contribution in [0.5, 0.6) is 5.88 Å². The van der Waals surface area contributed by atoms with Gasteiger partial charge in [-0.2, -0.15) is 4.98 Å². The molecule has 0 radical (unpaired) electrons. The monoisotopic (exact) mass is 279 g/mol. The lowest BCUT2D eigenvalue weighted by Gasteiger charge is -2.37. The number of hydrogen-bond acceptors (Lipinski definition) is 5. The number of carboxylic acids is 1. The fraction of sp³-hybridized carbons (Fsp3) is 0.643. The average Bonchev–Trinajstić information content (AvgIpc) is 2.39. The number of carbonyl (C=O) groups is 1. The van der Waals surface area contributed by atoms with Crippen LogP contribution >= 0.6 is 0 Å². The first-order valence-electron chi connectivity index (χ1n) is 7.02. The fourth-order valence-corrected chi connectivity index (χ4v) is 2.78. The number of anilines is 1. The maximum Gasteiger partial charge on any atom is 0.329 e. The molecule has 1 aliphatic rings. The fourth-order valence-electron chi connectivity index (χ4n) is 2.78. The molecule has 1 aliphatic carbocycles. The SMILES string of the molecule is CCOc1cncc(NC2(C(=O)O)CCCC(C)C2)n1. The Hall–Kier alpha value is -1.85. The summed E-state index contributed by atoms with van der Waals surface area (Å²) in [5.74, 6) is 0.414. The van der Waals surface area contributed by atoms with Gasteiger partial charge in [0.2, 0.25) is 5.88 Å². The molecule has 0 saturated heterocycles. The van der Waals surface area contributed by atoms with E-state index in [0.717, 1.165) is 12.8 Å². The number of rotatable bonds is 5. The molecule has 0 spiro atoms. The van der Waals surface area contributed by atoms with Crippen molar-refractivity contribution in [1.29, 1.82) is 0 Å². The molecular weight excluding hydrogens is 258 g/mol. The van der Waals surface area contributed by atoms with Crippen molar-refractivity contribution in [3.8, 4) is 5.88 Å². The molecule has 2 atom stereocenters. The van der Waals surface area contributed by atoms with Gasteiger partial charge >= 0.3 is 5.97 Å². The second-order valence-electron chi connectivity index (χ2n) is 5.39. The molecule has 20 heavy (non-hydrogen) atoms. The van der Waals surface area contributed by atoms with Gasteiger partial charge in [-0.3, -0.25) is 4.98 Å². The van der Waals surface area contributed by atoms with Crippen LogP contribution in [0.15, 0.2) is 12.4 Å². The summed E-state index contributed by atoms with van der Waals surface area (Å²) in [6.45, 7) is 4.45. The molecule has 2 N–H and O–H groups in total. The predicted octanol–water partition coefficient (Wildman–Crippen LogP) is 2.32. The van der Waals surface area contributed by atoms with E-state index in [1.165, 1.54) is 12.4 Å². The molecule has 0 aliphatic heterocycles. The molecule has 0 bridgehead atoms.